The lowest BCUT2D eigenvalue weighted by Gasteiger charge is -2.22. The Morgan fingerprint density at radius 3 is 2.57 bits per heavy atom. The van der Waals surface area contributed by atoms with Crippen LogP contribution in [0.15, 0.2) is 75.9 Å². The summed E-state index contributed by atoms with van der Waals surface area (Å²) >= 11 is 1.36. The molecule has 5 aromatic rings. The van der Waals surface area contributed by atoms with Crippen molar-refractivity contribution >= 4 is 43.6 Å². The standard InChI is InChI=1S/C27H20N2O5S/c1-3-33-16-10-8-15(9-11-16)23-22-24(30)18-6-4-5-7-20(18)34-25(22)26(31)29(23)27-28-19-13-12-17(32-2)14-21(19)35-27/h4-14,23H,3H2,1-2H3/t23-/m1/s1. The zero-order valence-electron chi connectivity index (χ0n) is 19.0. The van der Waals surface area contributed by atoms with Crippen LogP contribution in [0.5, 0.6) is 11.5 Å². The molecule has 174 valence electrons. The number of anilines is 1. The van der Waals surface area contributed by atoms with Crippen molar-refractivity contribution in [1.29, 1.82) is 0 Å². The minimum Gasteiger partial charge on any atom is -0.497 e. The molecule has 1 amide bonds. The first-order chi connectivity index (χ1) is 17.1. The van der Waals surface area contributed by atoms with Gasteiger partial charge in [-0.15, -0.1) is 0 Å². The predicted molar refractivity (Wildman–Crippen MR) is 135 cm³/mol. The van der Waals surface area contributed by atoms with Gasteiger partial charge in [0.25, 0.3) is 5.91 Å². The molecule has 7 nitrogen and oxygen atoms in total. The first-order valence-electron chi connectivity index (χ1n) is 11.2. The average Bonchev–Trinajstić information content (AvgIpc) is 3.43. The number of amides is 1. The van der Waals surface area contributed by atoms with Gasteiger partial charge >= 0.3 is 0 Å². The van der Waals surface area contributed by atoms with Crippen molar-refractivity contribution in [3.8, 4) is 11.5 Å². The number of carbonyl (C=O) groups is 1. The van der Waals surface area contributed by atoms with Crippen LogP contribution < -0.4 is 19.8 Å². The van der Waals surface area contributed by atoms with Gasteiger partial charge in [0, 0.05) is 0 Å². The van der Waals surface area contributed by atoms with Gasteiger partial charge in [-0.25, -0.2) is 4.98 Å². The summed E-state index contributed by atoms with van der Waals surface area (Å²) in [5, 5.41) is 0.915. The fraction of sp³-hybridized carbons (Fsp3) is 0.148. The molecule has 0 fully saturated rings. The molecule has 0 N–H and O–H groups in total. The maximum absolute atomic E-state index is 13.8. The molecule has 0 saturated heterocycles. The summed E-state index contributed by atoms with van der Waals surface area (Å²) in [4.78, 5) is 33.7. The number of hydrogen-bond acceptors (Lipinski definition) is 7. The number of aromatic nitrogens is 1. The third-order valence-corrected chi connectivity index (χ3v) is 7.09. The molecule has 8 heteroatoms. The van der Waals surface area contributed by atoms with Gasteiger partial charge in [-0.1, -0.05) is 35.6 Å². The van der Waals surface area contributed by atoms with E-state index < -0.39 is 11.9 Å². The molecule has 1 aliphatic heterocycles. The zero-order chi connectivity index (χ0) is 24.1. The Labute approximate surface area is 204 Å². The quantitative estimate of drug-likeness (QED) is 0.325. The lowest BCUT2D eigenvalue weighted by atomic mass is 9.98. The lowest BCUT2D eigenvalue weighted by molar-refractivity contribution is 0.0971. The van der Waals surface area contributed by atoms with Crippen molar-refractivity contribution in [3.63, 3.8) is 0 Å². The predicted octanol–water partition coefficient (Wildman–Crippen LogP) is 5.56. The molecular weight excluding hydrogens is 464 g/mol. The van der Waals surface area contributed by atoms with Gasteiger partial charge < -0.3 is 13.9 Å². The summed E-state index contributed by atoms with van der Waals surface area (Å²) in [6, 6.07) is 19.3. The van der Waals surface area contributed by atoms with Gasteiger partial charge in [-0.2, -0.15) is 0 Å². The second-order valence-corrected chi connectivity index (χ2v) is 9.09. The molecule has 0 spiro atoms. The van der Waals surface area contributed by atoms with E-state index in [0.717, 1.165) is 15.8 Å². The summed E-state index contributed by atoms with van der Waals surface area (Å²) in [5.41, 5.74) is 1.98. The van der Waals surface area contributed by atoms with Crippen LogP contribution in [0.2, 0.25) is 0 Å². The third-order valence-electron chi connectivity index (χ3n) is 6.07. The fourth-order valence-corrected chi connectivity index (χ4v) is 5.49. The van der Waals surface area contributed by atoms with Crippen LogP contribution in [-0.2, 0) is 0 Å². The van der Waals surface area contributed by atoms with Crippen LogP contribution in [0.25, 0.3) is 21.2 Å². The Morgan fingerprint density at radius 1 is 1.03 bits per heavy atom. The fourth-order valence-electron chi connectivity index (χ4n) is 4.47. The monoisotopic (exact) mass is 484 g/mol. The van der Waals surface area contributed by atoms with Crippen LogP contribution in [0.4, 0.5) is 5.13 Å². The van der Waals surface area contributed by atoms with Crippen molar-refractivity contribution in [1.82, 2.24) is 4.98 Å². The molecule has 1 aliphatic rings. The molecule has 0 aliphatic carbocycles. The molecule has 6 rings (SSSR count). The largest absolute Gasteiger partial charge is 0.497 e. The molecule has 0 unspecified atom stereocenters. The minimum absolute atomic E-state index is 0.0458. The van der Waals surface area contributed by atoms with E-state index in [1.54, 1.807) is 36.3 Å². The first-order valence-corrected chi connectivity index (χ1v) is 12.0. The Balaban J connectivity index is 1.58. The number of thiazole rings is 1. The number of ether oxygens (including phenoxy) is 2. The topological polar surface area (TPSA) is 81.9 Å². The van der Waals surface area contributed by atoms with Gasteiger partial charge in [0.15, 0.2) is 10.6 Å². The van der Waals surface area contributed by atoms with E-state index in [1.807, 2.05) is 49.4 Å². The van der Waals surface area contributed by atoms with Gasteiger partial charge in [0.05, 0.1) is 40.9 Å². The summed E-state index contributed by atoms with van der Waals surface area (Å²) in [6.07, 6.45) is 0. The number of para-hydroxylation sites is 1. The number of methoxy groups -OCH3 is 1. The molecular formula is C27H20N2O5S. The molecule has 1 atom stereocenters. The molecule has 35 heavy (non-hydrogen) atoms. The number of benzene rings is 3. The van der Waals surface area contributed by atoms with Crippen LogP contribution in [-0.4, -0.2) is 24.6 Å². The smallest absolute Gasteiger partial charge is 0.297 e. The maximum Gasteiger partial charge on any atom is 0.297 e. The van der Waals surface area contributed by atoms with E-state index in [2.05, 4.69) is 0 Å². The third kappa shape index (κ3) is 3.37. The van der Waals surface area contributed by atoms with Crippen molar-refractivity contribution in [2.45, 2.75) is 13.0 Å². The second-order valence-electron chi connectivity index (χ2n) is 8.08. The van der Waals surface area contributed by atoms with E-state index in [-0.39, 0.29) is 11.2 Å². The number of carbonyl (C=O) groups excluding carboxylic acids is 1. The second kappa shape index (κ2) is 8.25. The Morgan fingerprint density at radius 2 is 1.80 bits per heavy atom. The number of nitrogens with zero attached hydrogens (tertiary/aromatic N) is 2. The van der Waals surface area contributed by atoms with Crippen molar-refractivity contribution < 1.29 is 18.7 Å². The summed E-state index contributed by atoms with van der Waals surface area (Å²) in [6.45, 7) is 2.46. The first kappa shape index (κ1) is 21.4. The number of rotatable bonds is 5. The molecule has 0 saturated carbocycles. The lowest BCUT2D eigenvalue weighted by Crippen LogP contribution is -2.29. The van der Waals surface area contributed by atoms with E-state index in [1.165, 1.54) is 11.3 Å². The van der Waals surface area contributed by atoms with E-state index in [0.29, 0.717) is 39.8 Å². The van der Waals surface area contributed by atoms with Crippen LogP contribution >= 0.6 is 11.3 Å². The molecule has 3 aromatic carbocycles. The van der Waals surface area contributed by atoms with Gasteiger partial charge in [0.2, 0.25) is 5.76 Å². The minimum atomic E-state index is -0.684. The highest BCUT2D eigenvalue weighted by molar-refractivity contribution is 7.22. The Hall–Kier alpha value is -4.17. The van der Waals surface area contributed by atoms with Crippen molar-refractivity contribution in [2.24, 2.45) is 0 Å². The van der Waals surface area contributed by atoms with Gasteiger partial charge in [-0.3, -0.25) is 14.5 Å². The average molecular weight is 485 g/mol. The molecule has 0 bridgehead atoms. The molecule has 0 radical (unpaired) electrons. The van der Waals surface area contributed by atoms with E-state index in [9.17, 15) is 9.59 Å². The normalized spacial score (nSPS) is 15.1. The number of fused-ring (bicyclic) bond motifs is 3. The van der Waals surface area contributed by atoms with Crippen LogP contribution in [0.3, 0.4) is 0 Å². The number of hydrogen-bond donors (Lipinski definition) is 0. The Kier molecular flexibility index (Phi) is 5.04. The van der Waals surface area contributed by atoms with Crippen molar-refractivity contribution in [3.05, 3.63) is 93.8 Å². The summed E-state index contributed by atoms with van der Waals surface area (Å²) < 4.78 is 17.8. The molecule has 3 heterocycles. The van der Waals surface area contributed by atoms with Crippen molar-refractivity contribution in [2.75, 3.05) is 18.6 Å². The summed E-state index contributed by atoms with van der Waals surface area (Å²) in [7, 11) is 1.60. The van der Waals surface area contributed by atoms with E-state index in [4.69, 9.17) is 18.9 Å². The highest BCUT2D eigenvalue weighted by atomic mass is 32.1. The van der Waals surface area contributed by atoms with E-state index >= 15 is 0 Å². The highest BCUT2D eigenvalue weighted by Crippen LogP contribution is 2.44. The molecule has 2 aromatic heterocycles. The van der Waals surface area contributed by atoms with Crippen LogP contribution in [0, 0.1) is 0 Å². The van der Waals surface area contributed by atoms with Crippen LogP contribution in [0.1, 0.15) is 34.6 Å². The SMILES string of the molecule is CCOc1ccc([C@@H]2c3c(oc4ccccc4c3=O)C(=O)N2c2nc3ccc(OC)cc3s2)cc1. The van der Waals surface area contributed by atoms with Gasteiger partial charge in [-0.05, 0) is 55.0 Å². The summed E-state index contributed by atoms with van der Waals surface area (Å²) in [5.74, 6) is 1.07. The maximum atomic E-state index is 13.8. The zero-order valence-corrected chi connectivity index (χ0v) is 19.8. The Bertz CT molecular complexity index is 1650. The van der Waals surface area contributed by atoms with Gasteiger partial charge in [0.1, 0.15) is 17.1 Å². The highest BCUT2D eigenvalue weighted by Gasteiger charge is 2.45.